The zero-order valence-corrected chi connectivity index (χ0v) is 14.3. The van der Waals surface area contributed by atoms with Gasteiger partial charge in [0.15, 0.2) is 10.8 Å². The largest absolute Gasteiger partial charge is 0.496 e. The van der Waals surface area contributed by atoms with Gasteiger partial charge in [-0.1, -0.05) is 22.9 Å². The Labute approximate surface area is 146 Å². The van der Waals surface area contributed by atoms with Gasteiger partial charge >= 0.3 is 5.97 Å². The molecule has 0 atom stereocenters. The van der Waals surface area contributed by atoms with Crippen LogP contribution in [-0.4, -0.2) is 24.0 Å². The standard InChI is InChI=1S/C16H13ClN2O4S/c1-22-10-4-3-8(17)7-9(10)13(20)19-15-18-11-12(24-15)16(5-2-6-16)23-14(11)21/h3-4,7H,2,5-6H2,1H3,(H,18,19,20). The molecule has 2 heterocycles. The van der Waals surface area contributed by atoms with E-state index in [0.717, 1.165) is 24.1 Å². The van der Waals surface area contributed by atoms with Gasteiger partial charge in [0.1, 0.15) is 11.4 Å². The number of anilines is 1. The minimum absolute atomic E-state index is 0.307. The van der Waals surface area contributed by atoms with Crippen LogP contribution in [0.1, 0.15) is 45.0 Å². The number of halogens is 1. The highest BCUT2D eigenvalue weighted by molar-refractivity contribution is 7.16. The highest BCUT2D eigenvalue weighted by Gasteiger charge is 2.52. The van der Waals surface area contributed by atoms with Gasteiger partial charge in [0.25, 0.3) is 5.91 Å². The minimum Gasteiger partial charge on any atom is -0.496 e. The van der Waals surface area contributed by atoms with Gasteiger partial charge < -0.3 is 9.47 Å². The van der Waals surface area contributed by atoms with E-state index in [9.17, 15) is 9.59 Å². The quantitative estimate of drug-likeness (QED) is 0.842. The van der Waals surface area contributed by atoms with E-state index in [2.05, 4.69) is 10.3 Å². The number of rotatable bonds is 3. The van der Waals surface area contributed by atoms with E-state index in [1.807, 2.05) is 0 Å². The summed E-state index contributed by atoms with van der Waals surface area (Å²) in [5.74, 6) is -0.393. The van der Waals surface area contributed by atoms with Crippen LogP contribution in [0.5, 0.6) is 5.75 Å². The second kappa shape index (κ2) is 5.46. The lowest BCUT2D eigenvalue weighted by Gasteiger charge is -2.35. The summed E-state index contributed by atoms with van der Waals surface area (Å²) < 4.78 is 10.6. The van der Waals surface area contributed by atoms with Crippen LogP contribution in [0, 0.1) is 0 Å². The molecule has 1 aromatic heterocycles. The van der Waals surface area contributed by atoms with Gasteiger partial charge in [-0.15, -0.1) is 0 Å². The molecule has 0 bridgehead atoms. The number of ether oxygens (including phenoxy) is 2. The van der Waals surface area contributed by atoms with E-state index in [0.29, 0.717) is 27.2 Å². The van der Waals surface area contributed by atoms with E-state index >= 15 is 0 Å². The van der Waals surface area contributed by atoms with E-state index < -0.39 is 17.5 Å². The number of aromatic nitrogens is 1. The molecule has 6 nitrogen and oxygen atoms in total. The summed E-state index contributed by atoms with van der Waals surface area (Å²) in [4.78, 5) is 29.5. The molecule has 124 valence electrons. The van der Waals surface area contributed by atoms with Gasteiger partial charge in [-0.25, -0.2) is 9.78 Å². The maximum atomic E-state index is 12.5. The molecule has 1 aliphatic heterocycles. The molecule has 0 unspecified atom stereocenters. The Morgan fingerprint density at radius 3 is 2.92 bits per heavy atom. The monoisotopic (exact) mass is 364 g/mol. The van der Waals surface area contributed by atoms with Crippen LogP contribution in [0.2, 0.25) is 5.02 Å². The van der Waals surface area contributed by atoms with Crippen molar-refractivity contribution >= 4 is 39.9 Å². The summed E-state index contributed by atoms with van der Waals surface area (Å²) in [5.41, 5.74) is 0.107. The molecule has 24 heavy (non-hydrogen) atoms. The zero-order valence-electron chi connectivity index (χ0n) is 12.7. The Morgan fingerprint density at radius 2 is 2.25 bits per heavy atom. The first-order chi connectivity index (χ1) is 11.5. The Morgan fingerprint density at radius 1 is 1.46 bits per heavy atom. The fourth-order valence-electron chi connectivity index (χ4n) is 2.94. The van der Waals surface area contributed by atoms with Gasteiger partial charge in [-0.2, -0.15) is 0 Å². The molecule has 0 saturated heterocycles. The highest BCUT2D eigenvalue weighted by atomic mass is 35.5. The third-order valence-electron chi connectivity index (χ3n) is 4.31. The molecular formula is C16H13ClN2O4S. The Kier molecular flexibility index (Phi) is 3.51. The van der Waals surface area contributed by atoms with Crippen LogP contribution in [0.4, 0.5) is 5.13 Å². The van der Waals surface area contributed by atoms with Crippen molar-refractivity contribution in [2.45, 2.75) is 24.9 Å². The summed E-state index contributed by atoms with van der Waals surface area (Å²) in [6, 6.07) is 4.80. The second-order valence-corrected chi connectivity index (χ2v) is 7.17. The molecule has 1 aromatic carbocycles. The molecule has 2 aliphatic rings. The van der Waals surface area contributed by atoms with Crippen molar-refractivity contribution < 1.29 is 19.1 Å². The van der Waals surface area contributed by atoms with Crippen molar-refractivity contribution in [2.75, 3.05) is 12.4 Å². The molecule has 0 radical (unpaired) electrons. The van der Waals surface area contributed by atoms with Gasteiger partial charge in [-0.3, -0.25) is 10.1 Å². The number of hydrogen-bond donors (Lipinski definition) is 1. The number of nitrogens with zero attached hydrogens (tertiary/aromatic N) is 1. The lowest BCUT2D eigenvalue weighted by Crippen LogP contribution is -2.33. The molecule has 1 saturated carbocycles. The van der Waals surface area contributed by atoms with Crippen LogP contribution in [0.3, 0.4) is 0 Å². The molecule has 1 spiro atoms. The second-order valence-electron chi connectivity index (χ2n) is 5.73. The first-order valence-corrected chi connectivity index (χ1v) is 8.61. The average molecular weight is 365 g/mol. The lowest BCUT2D eigenvalue weighted by atomic mass is 9.79. The minimum atomic E-state index is -0.513. The number of carbonyl (C=O) groups is 2. The third kappa shape index (κ3) is 2.27. The van der Waals surface area contributed by atoms with Crippen molar-refractivity contribution in [3.05, 3.63) is 39.4 Å². The number of esters is 1. The van der Waals surface area contributed by atoms with Gasteiger partial charge in [0.2, 0.25) is 0 Å². The first kappa shape index (κ1) is 15.4. The topological polar surface area (TPSA) is 77.5 Å². The van der Waals surface area contributed by atoms with Gasteiger partial charge in [0.05, 0.1) is 17.6 Å². The van der Waals surface area contributed by atoms with E-state index in [1.54, 1.807) is 12.1 Å². The number of carbonyl (C=O) groups excluding carboxylic acids is 2. The lowest BCUT2D eigenvalue weighted by molar-refractivity contribution is -0.0518. The Hall–Kier alpha value is -2.12. The van der Waals surface area contributed by atoms with E-state index in [4.69, 9.17) is 21.1 Å². The number of amides is 1. The third-order valence-corrected chi connectivity index (χ3v) is 5.70. The predicted molar refractivity (Wildman–Crippen MR) is 89.0 cm³/mol. The summed E-state index contributed by atoms with van der Waals surface area (Å²) in [5, 5.41) is 3.52. The van der Waals surface area contributed by atoms with Crippen LogP contribution in [0.15, 0.2) is 18.2 Å². The summed E-state index contributed by atoms with van der Waals surface area (Å²) in [6.45, 7) is 0. The number of fused-ring (bicyclic) bond motifs is 2. The predicted octanol–water partition coefficient (Wildman–Crippen LogP) is 3.61. The zero-order chi connectivity index (χ0) is 16.9. The molecule has 1 fully saturated rings. The van der Waals surface area contributed by atoms with Crippen molar-refractivity contribution in [1.82, 2.24) is 4.98 Å². The molecular weight excluding hydrogens is 352 g/mol. The smallest absolute Gasteiger partial charge is 0.359 e. The van der Waals surface area contributed by atoms with Crippen LogP contribution < -0.4 is 10.1 Å². The van der Waals surface area contributed by atoms with Crippen LogP contribution in [0.25, 0.3) is 0 Å². The maximum Gasteiger partial charge on any atom is 0.359 e. The summed E-state index contributed by atoms with van der Waals surface area (Å²) in [6.07, 6.45) is 2.64. The van der Waals surface area contributed by atoms with Crippen LogP contribution >= 0.6 is 22.9 Å². The Balaban J connectivity index is 1.62. The van der Waals surface area contributed by atoms with Crippen molar-refractivity contribution in [2.24, 2.45) is 0 Å². The molecule has 1 aliphatic carbocycles. The van der Waals surface area contributed by atoms with Crippen molar-refractivity contribution in [3.8, 4) is 5.75 Å². The molecule has 4 rings (SSSR count). The molecule has 2 aromatic rings. The highest BCUT2D eigenvalue weighted by Crippen LogP contribution is 2.53. The van der Waals surface area contributed by atoms with E-state index in [-0.39, 0.29) is 0 Å². The number of benzene rings is 1. The maximum absolute atomic E-state index is 12.5. The summed E-state index contributed by atoms with van der Waals surface area (Å²) in [7, 11) is 1.48. The number of nitrogens with one attached hydrogen (secondary N) is 1. The van der Waals surface area contributed by atoms with Crippen molar-refractivity contribution in [3.63, 3.8) is 0 Å². The SMILES string of the molecule is COc1ccc(Cl)cc1C(=O)Nc1nc2c(s1)C1(CCC1)OC2=O. The molecule has 1 N–H and O–H groups in total. The van der Waals surface area contributed by atoms with Gasteiger partial charge in [0, 0.05) is 5.02 Å². The fraction of sp³-hybridized carbons (Fsp3) is 0.312. The van der Waals surface area contributed by atoms with E-state index in [1.165, 1.54) is 24.5 Å². The average Bonchev–Trinajstić information content (AvgIpc) is 3.05. The van der Waals surface area contributed by atoms with Crippen molar-refractivity contribution in [1.29, 1.82) is 0 Å². The number of thiazole rings is 1. The first-order valence-electron chi connectivity index (χ1n) is 7.42. The fourth-order valence-corrected chi connectivity index (χ4v) is 4.25. The molecule has 8 heteroatoms. The number of hydrogen-bond acceptors (Lipinski definition) is 6. The number of methoxy groups -OCH3 is 1. The summed E-state index contributed by atoms with van der Waals surface area (Å²) >= 11 is 7.24. The Bertz CT molecular complexity index is 860. The van der Waals surface area contributed by atoms with Crippen LogP contribution in [-0.2, 0) is 10.3 Å². The normalized spacial score (nSPS) is 17.2. The molecule has 1 amide bonds. The van der Waals surface area contributed by atoms with Gasteiger partial charge in [-0.05, 0) is 37.5 Å².